The van der Waals surface area contributed by atoms with E-state index in [1.165, 1.54) is 19.3 Å². The molecule has 1 N–H and O–H groups in total. The van der Waals surface area contributed by atoms with Crippen molar-refractivity contribution in [2.45, 2.75) is 65.6 Å². The number of carbonyl (C=O) groups is 2. The fourth-order valence-electron chi connectivity index (χ4n) is 4.85. The summed E-state index contributed by atoms with van der Waals surface area (Å²) < 4.78 is 13.3. The molecule has 1 aliphatic rings. The number of hydrogen-bond donors (Lipinski definition) is 1. The van der Waals surface area contributed by atoms with E-state index in [1.807, 2.05) is 68.1 Å². The molecule has 2 aromatic carbocycles. The van der Waals surface area contributed by atoms with E-state index in [0.717, 1.165) is 34.5 Å². The molecule has 0 spiro atoms. The van der Waals surface area contributed by atoms with Gasteiger partial charge in [-0.25, -0.2) is 4.79 Å². The van der Waals surface area contributed by atoms with E-state index < -0.39 is 5.97 Å². The molecule has 0 saturated heterocycles. The predicted molar refractivity (Wildman–Crippen MR) is 149 cm³/mol. The zero-order valence-corrected chi connectivity index (χ0v) is 22.9. The van der Waals surface area contributed by atoms with Crippen molar-refractivity contribution in [3.05, 3.63) is 54.2 Å². The molecule has 1 aromatic heterocycles. The summed E-state index contributed by atoms with van der Waals surface area (Å²) in [6, 6.07) is 13.2. The maximum atomic E-state index is 13.9. The number of urea groups is 1. The number of aliphatic carboxylic acids is 1. The third-order valence-electron chi connectivity index (χ3n) is 7.14. The summed E-state index contributed by atoms with van der Waals surface area (Å²) in [4.78, 5) is 28.8. The molecule has 8 heteroatoms. The average Bonchev–Trinajstić information content (AvgIpc) is 3.64. The number of carboxylic acid groups (broad SMARTS) is 1. The number of rotatable bonds is 13. The molecule has 1 aliphatic carbocycles. The standard InChI is InChI=1S/C30H39N3O5/c1-5-32(24-13-14-27(37-4)28(18-24)38-17-7-8-22-11-12-22)30(36)33(21(2)3)19-23-9-6-10-26-25(23)15-16-31(26)20-29(34)35/h6,9-10,13-16,18,21-22H,5,7-8,11-12,17,19-20H2,1-4H3,(H,34,35). The quantitative estimate of drug-likeness (QED) is 0.272. The van der Waals surface area contributed by atoms with Crippen LogP contribution in [0.4, 0.5) is 10.5 Å². The summed E-state index contributed by atoms with van der Waals surface area (Å²) >= 11 is 0. The van der Waals surface area contributed by atoms with E-state index in [9.17, 15) is 14.7 Å². The fourth-order valence-corrected chi connectivity index (χ4v) is 4.85. The van der Waals surface area contributed by atoms with Crippen LogP contribution in [-0.4, -0.2) is 52.9 Å². The predicted octanol–water partition coefficient (Wildman–Crippen LogP) is 6.16. The molecule has 0 radical (unpaired) electrons. The Labute approximate surface area is 224 Å². The fraction of sp³-hybridized carbons (Fsp3) is 0.467. The highest BCUT2D eigenvalue weighted by Gasteiger charge is 2.26. The maximum absolute atomic E-state index is 13.9. The molecule has 3 aromatic rings. The highest BCUT2D eigenvalue weighted by molar-refractivity contribution is 5.93. The number of aromatic nitrogens is 1. The van der Waals surface area contributed by atoms with E-state index in [2.05, 4.69) is 0 Å². The van der Waals surface area contributed by atoms with Gasteiger partial charge in [-0.2, -0.15) is 0 Å². The minimum Gasteiger partial charge on any atom is -0.493 e. The molecular formula is C30H39N3O5. The van der Waals surface area contributed by atoms with Crippen molar-refractivity contribution in [1.29, 1.82) is 0 Å². The number of anilines is 1. The third kappa shape index (κ3) is 6.41. The summed E-state index contributed by atoms with van der Waals surface area (Å²) in [6.07, 6.45) is 6.65. The van der Waals surface area contributed by atoms with Crippen LogP contribution in [0.5, 0.6) is 11.5 Å². The van der Waals surface area contributed by atoms with Crippen molar-refractivity contribution < 1.29 is 24.2 Å². The average molecular weight is 522 g/mol. The molecule has 0 atom stereocenters. The van der Waals surface area contributed by atoms with E-state index in [4.69, 9.17) is 9.47 Å². The minimum atomic E-state index is -0.892. The number of hydrogen-bond acceptors (Lipinski definition) is 4. The van der Waals surface area contributed by atoms with Gasteiger partial charge in [0.05, 0.1) is 13.7 Å². The second kappa shape index (κ2) is 12.2. The highest BCUT2D eigenvalue weighted by Crippen LogP contribution is 2.35. The molecular weight excluding hydrogens is 482 g/mol. The second-order valence-electron chi connectivity index (χ2n) is 10.2. The Morgan fingerprint density at radius 2 is 1.92 bits per heavy atom. The minimum absolute atomic E-state index is 0.0516. The van der Waals surface area contributed by atoms with Crippen LogP contribution in [0.25, 0.3) is 10.9 Å². The first-order valence-electron chi connectivity index (χ1n) is 13.5. The van der Waals surface area contributed by atoms with E-state index >= 15 is 0 Å². The molecule has 38 heavy (non-hydrogen) atoms. The molecule has 1 heterocycles. The number of fused-ring (bicyclic) bond motifs is 1. The number of amides is 2. The Hall–Kier alpha value is -3.68. The lowest BCUT2D eigenvalue weighted by Gasteiger charge is -2.33. The first kappa shape index (κ1) is 27.4. The van der Waals surface area contributed by atoms with Crippen LogP contribution in [-0.2, 0) is 17.9 Å². The van der Waals surface area contributed by atoms with Gasteiger partial charge in [-0.3, -0.25) is 9.69 Å². The van der Waals surface area contributed by atoms with Gasteiger partial charge in [-0.1, -0.05) is 25.0 Å². The zero-order chi connectivity index (χ0) is 27.2. The molecule has 0 bridgehead atoms. The van der Waals surface area contributed by atoms with Gasteiger partial charge < -0.3 is 24.0 Å². The summed E-state index contributed by atoms with van der Waals surface area (Å²) in [7, 11) is 1.62. The van der Waals surface area contributed by atoms with Crippen LogP contribution in [0, 0.1) is 5.92 Å². The van der Waals surface area contributed by atoms with Crippen LogP contribution >= 0.6 is 0 Å². The second-order valence-corrected chi connectivity index (χ2v) is 10.2. The Morgan fingerprint density at radius 3 is 2.58 bits per heavy atom. The van der Waals surface area contributed by atoms with E-state index in [0.29, 0.717) is 31.2 Å². The van der Waals surface area contributed by atoms with Gasteiger partial charge in [0.25, 0.3) is 0 Å². The van der Waals surface area contributed by atoms with Crippen molar-refractivity contribution >= 4 is 28.6 Å². The highest BCUT2D eigenvalue weighted by atomic mass is 16.5. The number of carbonyl (C=O) groups excluding carboxylic acids is 1. The van der Waals surface area contributed by atoms with Gasteiger partial charge in [0, 0.05) is 48.0 Å². The molecule has 0 unspecified atom stereocenters. The van der Waals surface area contributed by atoms with Crippen LogP contribution in [0.2, 0.25) is 0 Å². The van der Waals surface area contributed by atoms with Gasteiger partial charge in [0.15, 0.2) is 11.5 Å². The topological polar surface area (TPSA) is 84.2 Å². The lowest BCUT2D eigenvalue weighted by Crippen LogP contribution is -2.46. The summed E-state index contributed by atoms with van der Waals surface area (Å²) in [6.45, 7) is 7.39. The lowest BCUT2D eigenvalue weighted by atomic mass is 10.1. The molecule has 8 nitrogen and oxygen atoms in total. The molecule has 1 saturated carbocycles. The summed E-state index contributed by atoms with van der Waals surface area (Å²) in [5.74, 6) is 1.27. The monoisotopic (exact) mass is 521 g/mol. The van der Waals surface area contributed by atoms with Gasteiger partial charge in [0.1, 0.15) is 6.54 Å². The summed E-state index contributed by atoms with van der Waals surface area (Å²) in [5.41, 5.74) is 2.57. The molecule has 2 amide bonds. The first-order valence-corrected chi connectivity index (χ1v) is 13.5. The van der Waals surface area contributed by atoms with Crippen LogP contribution in [0.3, 0.4) is 0 Å². The van der Waals surface area contributed by atoms with E-state index in [-0.39, 0.29) is 18.6 Å². The number of nitrogens with zero attached hydrogens (tertiary/aromatic N) is 3. The van der Waals surface area contributed by atoms with Crippen LogP contribution in [0.15, 0.2) is 48.7 Å². The Bertz CT molecular complexity index is 1260. The normalized spacial score (nSPS) is 13.1. The zero-order valence-electron chi connectivity index (χ0n) is 22.9. The van der Waals surface area contributed by atoms with Crippen LogP contribution in [0.1, 0.15) is 52.0 Å². The van der Waals surface area contributed by atoms with Crippen molar-refractivity contribution in [1.82, 2.24) is 9.47 Å². The Morgan fingerprint density at radius 1 is 1.13 bits per heavy atom. The van der Waals surface area contributed by atoms with Crippen LogP contribution < -0.4 is 14.4 Å². The molecule has 1 fully saturated rings. The number of methoxy groups -OCH3 is 1. The van der Waals surface area contributed by atoms with Crippen molar-refractivity contribution in [2.75, 3.05) is 25.2 Å². The number of carboxylic acids is 1. The smallest absolute Gasteiger partial charge is 0.325 e. The first-order chi connectivity index (χ1) is 18.3. The Kier molecular flexibility index (Phi) is 8.81. The number of ether oxygens (including phenoxy) is 2. The van der Waals surface area contributed by atoms with Gasteiger partial charge in [-0.15, -0.1) is 0 Å². The van der Waals surface area contributed by atoms with Gasteiger partial charge in [0.2, 0.25) is 0 Å². The van der Waals surface area contributed by atoms with Crippen molar-refractivity contribution in [3.63, 3.8) is 0 Å². The van der Waals surface area contributed by atoms with E-state index in [1.54, 1.807) is 22.8 Å². The maximum Gasteiger partial charge on any atom is 0.325 e. The largest absolute Gasteiger partial charge is 0.493 e. The van der Waals surface area contributed by atoms with Gasteiger partial charge in [-0.05, 0) is 69.4 Å². The molecule has 204 valence electrons. The van der Waals surface area contributed by atoms with Crippen molar-refractivity contribution in [2.24, 2.45) is 5.92 Å². The van der Waals surface area contributed by atoms with Gasteiger partial charge >= 0.3 is 12.0 Å². The third-order valence-corrected chi connectivity index (χ3v) is 7.14. The van der Waals surface area contributed by atoms with Crippen molar-refractivity contribution in [3.8, 4) is 11.5 Å². The summed E-state index contributed by atoms with van der Waals surface area (Å²) in [5, 5.41) is 10.2. The SMILES string of the molecule is CCN(C(=O)N(Cc1cccc2c1ccn2CC(=O)O)C(C)C)c1ccc(OC)c(OCCCC2CC2)c1. The lowest BCUT2D eigenvalue weighted by molar-refractivity contribution is -0.137. The number of benzene rings is 2. The molecule has 0 aliphatic heterocycles. The molecule has 4 rings (SSSR count). The Balaban J connectivity index is 1.55.